The van der Waals surface area contributed by atoms with Gasteiger partial charge in [-0.2, -0.15) is 0 Å². The summed E-state index contributed by atoms with van der Waals surface area (Å²) in [7, 11) is 0. The zero-order valence-corrected chi connectivity index (χ0v) is 10.1. The molecule has 2 aromatic rings. The zero-order valence-electron chi connectivity index (χ0n) is 9.30. The Morgan fingerprint density at radius 1 is 1.53 bits per heavy atom. The number of pyridine rings is 1. The van der Waals surface area contributed by atoms with E-state index in [0.717, 1.165) is 10.4 Å². The van der Waals surface area contributed by atoms with Gasteiger partial charge in [0.15, 0.2) is 5.69 Å². The lowest BCUT2D eigenvalue weighted by atomic mass is 10.2. The second kappa shape index (κ2) is 4.97. The van der Waals surface area contributed by atoms with Gasteiger partial charge in [-0.15, -0.1) is 11.3 Å². The molecule has 0 spiro atoms. The van der Waals surface area contributed by atoms with Crippen molar-refractivity contribution in [1.29, 1.82) is 0 Å². The second-order valence-electron chi connectivity index (χ2n) is 3.58. The summed E-state index contributed by atoms with van der Waals surface area (Å²) in [5, 5.41) is 14.2. The molecule has 0 aliphatic heterocycles. The molecule has 0 fully saturated rings. The first-order valence-electron chi connectivity index (χ1n) is 5.13. The Hall–Kier alpha value is -1.88. The van der Waals surface area contributed by atoms with Crippen molar-refractivity contribution in [3.8, 4) is 5.75 Å². The van der Waals surface area contributed by atoms with Crippen molar-refractivity contribution in [2.24, 2.45) is 0 Å². The highest BCUT2D eigenvalue weighted by Gasteiger charge is 2.12. The lowest BCUT2D eigenvalue weighted by Crippen LogP contribution is -2.23. The Balaban J connectivity index is 2.04. The van der Waals surface area contributed by atoms with Gasteiger partial charge in [0, 0.05) is 11.1 Å². The third-order valence-electron chi connectivity index (χ3n) is 2.38. The predicted octanol–water partition coefficient (Wildman–Crippen LogP) is 2.09. The van der Waals surface area contributed by atoms with Crippen molar-refractivity contribution in [2.75, 3.05) is 0 Å². The Bertz CT molecular complexity index is 537. The number of aryl methyl sites for hydroxylation is 1. The van der Waals surface area contributed by atoms with E-state index in [2.05, 4.69) is 10.3 Å². The van der Waals surface area contributed by atoms with Gasteiger partial charge in [0.25, 0.3) is 5.91 Å². The smallest absolute Gasteiger partial charge is 0.274 e. The summed E-state index contributed by atoms with van der Waals surface area (Å²) in [6.45, 7) is 2.45. The molecule has 0 aromatic carbocycles. The highest BCUT2D eigenvalue weighted by Crippen LogP contribution is 2.16. The van der Waals surface area contributed by atoms with Gasteiger partial charge < -0.3 is 10.4 Å². The minimum absolute atomic E-state index is 0.0571. The Morgan fingerprint density at radius 3 is 3.00 bits per heavy atom. The fourth-order valence-electron chi connectivity index (χ4n) is 1.40. The van der Waals surface area contributed by atoms with Crippen LogP contribution in [0.1, 0.15) is 20.9 Å². The summed E-state index contributed by atoms with van der Waals surface area (Å²) < 4.78 is 0. The van der Waals surface area contributed by atoms with Crippen LogP contribution in [0, 0.1) is 6.92 Å². The normalized spacial score (nSPS) is 10.2. The van der Waals surface area contributed by atoms with Gasteiger partial charge in [0.2, 0.25) is 0 Å². The van der Waals surface area contributed by atoms with Gasteiger partial charge in [-0.25, -0.2) is 4.98 Å². The maximum Gasteiger partial charge on any atom is 0.274 e. The number of hydrogen-bond donors (Lipinski definition) is 2. The summed E-state index contributed by atoms with van der Waals surface area (Å²) in [6, 6.07) is 5.03. The summed E-state index contributed by atoms with van der Waals surface area (Å²) in [5.74, 6) is -0.469. The quantitative estimate of drug-likeness (QED) is 0.874. The molecule has 88 valence electrons. The number of amides is 1. The fraction of sp³-hybridized carbons (Fsp3) is 0.167. The van der Waals surface area contributed by atoms with E-state index in [1.54, 1.807) is 17.4 Å². The van der Waals surface area contributed by atoms with Crippen molar-refractivity contribution in [2.45, 2.75) is 13.5 Å². The third kappa shape index (κ3) is 2.62. The Kier molecular flexibility index (Phi) is 3.39. The SMILES string of the molecule is Cc1ccsc1CNC(=O)c1ncccc1O. The first kappa shape index (κ1) is 11.6. The predicted molar refractivity (Wildman–Crippen MR) is 66.1 cm³/mol. The van der Waals surface area contributed by atoms with E-state index in [1.807, 2.05) is 18.4 Å². The van der Waals surface area contributed by atoms with Crippen molar-refractivity contribution in [1.82, 2.24) is 10.3 Å². The van der Waals surface area contributed by atoms with Crippen LogP contribution in [0.5, 0.6) is 5.75 Å². The molecule has 5 heteroatoms. The largest absolute Gasteiger partial charge is 0.505 e. The second-order valence-corrected chi connectivity index (χ2v) is 4.58. The summed E-state index contributed by atoms with van der Waals surface area (Å²) in [4.78, 5) is 16.7. The highest BCUT2D eigenvalue weighted by atomic mass is 32.1. The average Bonchev–Trinajstić information content (AvgIpc) is 2.72. The molecule has 0 aliphatic carbocycles. The van der Waals surface area contributed by atoms with Crippen molar-refractivity contribution < 1.29 is 9.90 Å². The van der Waals surface area contributed by atoms with Gasteiger partial charge in [-0.3, -0.25) is 4.79 Å². The van der Waals surface area contributed by atoms with E-state index in [4.69, 9.17) is 0 Å². The molecular formula is C12H12N2O2S. The number of aromatic nitrogens is 1. The molecule has 0 atom stereocenters. The van der Waals surface area contributed by atoms with Crippen molar-refractivity contribution in [3.63, 3.8) is 0 Å². The van der Waals surface area contributed by atoms with Crippen LogP contribution in [-0.2, 0) is 6.54 Å². The summed E-state index contributed by atoms with van der Waals surface area (Å²) in [5.41, 5.74) is 1.21. The maximum atomic E-state index is 11.7. The molecule has 4 nitrogen and oxygen atoms in total. The van der Waals surface area contributed by atoms with E-state index >= 15 is 0 Å². The lowest BCUT2D eigenvalue weighted by molar-refractivity contribution is 0.0943. The molecule has 2 aromatic heterocycles. The van der Waals surface area contributed by atoms with Crippen molar-refractivity contribution >= 4 is 17.2 Å². The minimum atomic E-state index is -0.365. The van der Waals surface area contributed by atoms with Crippen LogP contribution in [0.15, 0.2) is 29.8 Å². The molecule has 2 heterocycles. The maximum absolute atomic E-state index is 11.7. The van der Waals surface area contributed by atoms with E-state index in [9.17, 15) is 9.90 Å². The van der Waals surface area contributed by atoms with Crippen LogP contribution in [0.4, 0.5) is 0 Å². The number of nitrogens with zero attached hydrogens (tertiary/aromatic N) is 1. The zero-order chi connectivity index (χ0) is 12.3. The number of hydrogen-bond acceptors (Lipinski definition) is 4. The van der Waals surface area contributed by atoms with Crippen LogP contribution in [-0.4, -0.2) is 16.0 Å². The number of thiophene rings is 1. The molecule has 0 saturated carbocycles. The number of nitrogens with one attached hydrogen (secondary N) is 1. The van der Waals surface area contributed by atoms with Gasteiger partial charge in [0.05, 0.1) is 6.54 Å². The molecule has 2 N–H and O–H groups in total. The topological polar surface area (TPSA) is 62.2 Å². The number of rotatable bonds is 3. The first-order chi connectivity index (χ1) is 8.18. The molecule has 2 rings (SSSR count). The van der Waals surface area contributed by atoms with Crippen LogP contribution >= 0.6 is 11.3 Å². The molecule has 17 heavy (non-hydrogen) atoms. The number of carbonyl (C=O) groups excluding carboxylic acids is 1. The first-order valence-corrected chi connectivity index (χ1v) is 6.01. The van der Waals surface area contributed by atoms with Crippen LogP contribution in [0.2, 0.25) is 0 Å². The molecular weight excluding hydrogens is 236 g/mol. The van der Waals surface area contributed by atoms with Gasteiger partial charge in [-0.1, -0.05) is 0 Å². The summed E-state index contributed by atoms with van der Waals surface area (Å²) >= 11 is 1.59. The van der Waals surface area contributed by atoms with Gasteiger partial charge >= 0.3 is 0 Å². The van der Waals surface area contributed by atoms with Crippen LogP contribution in [0.3, 0.4) is 0 Å². The van der Waals surface area contributed by atoms with E-state index in [1.165, 1.54) is 12.3 Å². The molecule has 0 saturated heterocycles. The van der Waals surface area contributed by atoms with E-state index in [0.29, 0.717) is 6.54 Å². The van der Waals surface area contributed by atoms with E-state index in [-0.39, 0.29) is 17.4 Å². The third-order valence-corrected chi connectivity index (χ3v) is 3.40. The summed E-state index contributed by atoms with van der Waals surface area (Å²) in [6.07, 6.45) is 1.48. The number of carbonyl (C=O) groups is 1. The molecule has 0 radical (unpaired) electrons. The van der Waals surface area contributed by atoms with E-state index < -0.39 is 0 Å². The van der Waals surface area contributed by atoms with Crippen LogP contribution in [0.25, 0.3) is 0 Å². The van der Waals surface area contributed by atoms with Gasteiger partial charge in [0.1, 0.15) is 5.75 Å². The average molecular weight is 248 g/mol. The monoisotopic (exact) mass is 248 g/mol. The molecule has 1 amide bonds. The minimum Gasteiger partial charge on any atom is -0.505 e. The fourth-order valence-corrected chi connectivity index (χ4v) is 2.25. The molecule has 0 bridgehead atoms. The standard InChI is InChI=1S/C12H12N2O2S/c1-8-4-6-17-10(8)7-14-12(16)11-9(15)3-2-5-13-11/h2-6,15H,7H2,1H3,(H,14,16). The number of aromatic hydroxyl groups is 1. The van der Waals surface area contributed by atoms with Crippen molar-refractivity contribution in [3.05, 3.63) is 45.9 Å². The Morgan fingerprint density at radius 2 is 2.35 bits per heavy atom. The highest BCUT2D eigenvalue weighted by molar-refractivity contribution is 7.10. The molecule has 0 unspecified atom stereocenters. The van der Waals surface area contributed by atoms with Gasteiger partial charge in [-0.05, 0) is 36.1 Å². The van der Waals surface area contributed by atoms with Crippen LogP contribution < -0.4 is 5.32 Å². The lowest BCUT2D eigenvalue weighted by Gasteiger charge is -2.05. The molecule has 0 aliphatic rings. The Labute approximate surface area is 103 Å².